The number of nitrogens with zero attached hydrogens (tertiary/aromatic N) is 1. The van der Waals surface area contributed by atoms with E-state index in [9.17, 15) is 13.2 Å². The third-order valence-electron chi connectivity index (χ3n) is 4.06. The Bertz CT molecular complexity index is 1040. The van der Waals surface area contributed by atoms with Crippen molar-refractivity contribution in [3.63, 3.8) is 0 Å². The molecule has 0 saturated heterocycles. The Kier molecular flexibility index (Phi) is 5.78. The molecule has 1 aliphatic heterocycles. The zero-order valence-electron chi connectivity index (χ0n) is 14.7. The van der Waals surface area contributed by atoms with Gasteiger partial charge in [0.25, 0.3) is 15.9 Å². The average Bonchev–Trinajstić information content (AvgIpc) is 3.11. The van der Waals surface area contributed by atoms with Gasteiger partial charge in [-0.2, -0.15) is 0 Å². The maximum Gasteiger partial charge on any atom is 0.261 e. The van der Waals surface area contributed by atoms with Crippen molar-refractivity contribution in [2.24, 2.45) is 4.99 Å². The van der Waals surface area contributed by atoms with Crippen LogP contribution in [-0.4, -0.2) is 31.8 Å². The second kappa shape index (κ2) is 7.92. The highest BCUT2D eigenvalue weighted by atomic mass is 35.5. The Morgan fingerprint density at radius 3 is 2.59 bits per heavy atom. The first-order valence-corrected chi connectivity index (χ1v) is 11.0. The number of benzene rings is 2. The maximum atomic E-state index is 12.7. The van der Waals surface area contributed by atoms with Crippen molar-refractivity contribution in [1.29, 1.82) is 0 Å². The van der Waals surface area contributed by atoms with Crippen LogP contribution < -0.4 is 10.0 Å². The van der Waals surface area contributed by atoms with Crippen LogP contribution in [-0.2, 0) is 10.0 Å². The summed E-state index contributed by atoms with van der Waals surface area (Å²) in [6.07, 6.45) is 0. The molecule has 1 heterocycles. The van der Waals surface area contributed by atoms with Gasteiger partial charge in [-0.1, -0.05) is 29.4 Å². The van der Waals surface area contributed by atoms with E-state index in [4.69, 9.17) is 11.6 Å². The molecule has 0 fully saturated rings. The molecule has 0 bridgehead atoms. The molecule has 1 amide bonds. The predicted molar refractivity (Wildman–Crippen MR) is 110 cm³/mol. The van der Waals surface area contributed by atoms with Crippen LogP contribution in [0, 0.1) is 13.8 Å². The fourth-order valence-electron chi connectivity index (χ4n) is 2.44. The highest BCUT2D eigenvalue weighted by Gasteiger charge is 2.20. The molecular formula is C18H18ClN3O3S2. The van der Waals surface area contributed by atoms with Gasteiger partial charge in [0.2, 0.25) is 0 Å². The molecule has 0 aliphatic carbocycles. The van der Waals surface area contributed by atoms with Crippen molar-refractivity contribution in [2.45, 2.75) is 18.7 Å². The Morgan fingerprint density at radius 1 is 1.15 bits per heavy atom. The number of sulfonamides is 1. The molecule has 3 rings (SSSR count). The number of carbonyl (C=O) groups is 1. The third-order valence-corrected chi connectivity index (χ3v) is 6.66. The molecule has 9 heteroatoms. The number of hydrogen-bond acceptors (Lipinski definition) is 5. The number of aliphatic imine (C=N–C) groups is 1. The first-order valence-electron chi connectivity index (χ1n) is 8.14. The van der Waals surface area contributed by atoms with E-state index in [2.05, 4.69) is 15.0 Å². The lowest BCUT2D eigenvalue weighted by Gasteiger charge is -2.12. The van der Waals surface area contributed by atoms with Crippen LogP contribution in [0.5, 0.6) is 0 Å². The van der Waals surface area contributed by atoms with Crippen LogP contribution in [0.2, 0.25) is 5.02 Å². The van der Waals surface area contributed by atoms with Gasteiger partial charge in [0.1, 0.15) is 0 Å². The number of rotatable bonds is 4. The standard InChI is InChI=1S/C18H18ClN3O3S2/c1-11-3-4-13(9-12(11)2)22-27(24,25)14-5-6-16(19)15(10-14)17(23)21-18-20-7-8-26-18/h3-6,9-10,22H,7-8H2,1-2H3,(H,20,21,23). The van der Waals surface area contributed by atoms with Gasteiger partial charge in [0.15, 0.2) is 5.17 Å². The number of thioether (sulfide) groups is 1. The number of carbonyl (C=O) groups excluding carboxylic acids is 1. The largest absolute Gasteiger partial charge is 0.301 e. The highest BCUT2D eigenvalue weighted by molar-refractivity contribution is 8.14. The molecule has 0 saturated carbocycles. The van der Waals surface area contributed by atoms with Gasteiger partial charge < -0.3 is 5.32 Å². The Hall–Kier alpha value is -2.03. The molecule has 0 aromatic heterocycles. The van der Waals surface area contributed by atoms with Gasteiger partial charge in [-0.25, -0.2) is 8.42 Å². The van der Waals surface area contributed by atoms with Crippen molar-refractivity contribution < 1.29 is 13.2 Å². The molecule has 0 atom stereocenters. The molecule has 0 radical (unpaired) electrons. The number of aryl methyl sites for hydroxylation is 2. The molecule has 2 aromatic carbocycles. The van der Waals surface area contributed by atoms with E-state index < -0.39 is 15.9 Å². The van der Waals surface area contributed by atoms with Crippen molar-refractivity contribution in [3.8, 4) is 0 Å². The third kappa shape index (κ3) is 4.63. The Balaban J connectivity index is 1.87. The number of amidine groups is 1. The van der Waals surface area contributed by atoms with Crippen LogP contribution in [0.4, 0.5) is 5.69 Å². The monoisotopic (exact) mass is 423 g/mol. The smallest absolute Gasteiger partial charge is 0.261 e. The number of hydrogen-bond donors (Lipinski definition) is 2. The predicted octanol–water partition coefficient (Wildman–Crippen LogP) is 3.59. The van der Waals surface area contributed by atoms with Gasteiger partial charge in [0.05, 0.1) is 22.0 Å². The van der Waals surface area contributed by atoms with E-state index in [0.717, 1.165) is 16.9 Å². The SMILES string of the molecule is Cc1ccc(NS(=O)(=O)c2ccc(Cl)c(C(=O)NC3=NCCS3)c2)cc1C. The van der Waals surface area contributed by atoms with E-state index in [0.29, 0.717) is 17.4 Å². The molecule has 0 unspecified atom stereocenters. The maximum absolute atomic E-state index is 12.7. The quantitative estimate of drug-likeness (QED) is 0.786. The molecule has 1 aliphatic rings. The van der Waals surface area contributed by atoms with Crippen molar-refractivity contribution in [2.75, 3.05) is 17.0 Å². The van der Waals surface area contributed by atoms with Gasteiger partial charge in [0, 0.05) is 11.4 Å². The summed E-state index contributed by atoms with van der Waals surface area (Å²) in [5, 5.41) is 3.33. The van der Waals surface area contributed by atoms with Gasteiger partial charge in [-0.3, -0.25) is 14.5 Å². The summed E-state index contributed by atoms with van der Waals surface area (Å²) in [7, 11) is -3.87. The molecule has 2 aromatic rings. The second-order valence-electron chi connectivity index (χ2n) is 6.04. The zero-order valence-corrected chi connectivity index (χ0v) is 17.1. The number of anilines is 1. The molecule has 2 N–H and O–H groups in total. The fraction of sp³-hybridized carbons (Fsp3) is 0.222. The summed E-state index contributed by atoms with van der Waals surface area (Å²) in [6, 6.07) is 9.32. The lowest BCUT2D eigenvalue weighted by atomic mass is 10.1. The topological polar surface area (TPSA) is 87.6 Å². The van der Waals surface area contributed by atoms with Gasteiger partial charge >= 0.3 is 0 Å². The van der Waals surface area contributed by atoms with Crippen molar-refractivity contribution in [3.05, 3.63) is 58.1 Å². The van der Waals surface area contributed by atoms with Crippen molar-refractivity contribution in [1.82, 2.24) is 5.32 Å². The summed E-state index contributed by atoms with van der Waals surface area (Å²) in [6.45, 7) is 4.49. The minimum absolute atomic E-state index is 0.0451. The molecule has 0 spiro atoms. The first kappa shape index (κ1) is 19.7. The first-order chi connectivity index (χ1) is 12.8. The zero-order chi connectivity index (χ0) is 19.6. The number of nitrogens with one attached hydrogen (secondary N) is 2. The highest BCUT2D eigenvalue weighted by Crippen LogP contribution is 2.24. The second-order valence-corrected chi connectivity index (χ2v) is 9.21. The summed E-state index contributed by atoms with van der Waals surface area (Å²) in [4.78, 5) is 16.5. The van der Waals surface area contributed by atoms with Gasteiger partial charge in [-0.15, -0.1) is 0 Å². The van der Waals surface area contributed by atoms with Crippen LogP contribution in [0.3, 0.4) is 0 Å². The minimum Gasteiger partial charge on any atom is -0.301 e. The average molecular weight is 424 g/mol. The van der Waals surface area contributed by atoms with E-state index >= 15 is 0 Å². The lowest BCUT2D eigenvalue weighted by Crippen LogP contribution is -2.28. The van der Waals surface area contributed by atoms with Crippen LogP contribution in [0.1, 0.15) is 21.5 Å². The number of amides is 1. The van der Waals surface area contributed by atoms with E-state index in [1.165, 1.54) is 30.0 Å². The summed E-state index contributed by atoms with van der Waals surface area (Å²) >= 11 is 7.53. The summed E-state index contributed by atoms with van der Waals surface area (Å²) in [5.41, 5.74) is 2.57. The molecular weight excluding hydrogens is 406 g/mol. The fourth-order valence-corrected chi connectivity index (χ4v) is 4.44. The molecule has 27 heavy (non-hydrogen) atoms. The van der Waals surface area contributed by atoms with Crippen LogP contribution in [0.15, 0.2) is 46.3 Å². The van der Waals surface area contributed by atoms with Crippen LogP contribution >= 0.6 is 23.4 Å². The van der Waals surface area contributed by atoms with Crippen molar-refractivity contribution >= 4 is 50.1 Å². The summed E-state index contributed by atoms with van der Waals surface area (Å²) < 4.78 is 28.0. The molecule has 6 nitrogen and oxygen atoms in total. The molecule has 142 valence electrons. The van der Waals surface area contributed by atoms with E-state index in [-0.39, 0.29) is 15.5 Å². The number of halogens is 1. The lowest BCUT2D eigenvalue weighted by molar-refractivity contribution is 0.0978. The van der Waals surface area contributed by atoms with Crippen LogP contribution in [0.25, 0.3) is 0 Å². The van der Waals surface area contributed by atoms with E-state index in [1.54, 1.807) is 12.1 Å². The Morgan fingerprint density at radius 2 is 1.93 bits per heavy atom. The minimum atomic E-state index is -3.87. The Labute approximate surface area is 167 Å². The van der Waals surface area contributed by atoms with Gasteiger partial charge in [-0.05, 0) is 55.3 Å². The normalized spacial score (nSPS) is 14.0. The summed E-state index contributed by atoms with van der Waals surface area (Å²) in [5.74, 6) is 0.314. The van der Waals surface area contributed by atoms with E-state index in [1.807, 2.05) is 19.9 Å².